The van der Waals surface area contributed by atoms with Crippen LogP contribution in [0.4, 0.5) is 0 Å². The van der Waals surface area contributed by atoms with Crippen LogP contribution in [0.3, 0.4) is 0 Å². The normalized spacial score (nSPS) is 17.5. The van der Waals surface area contributed by atoms with Gasteiger partial charge in [-0.2, -0.15) is 0 Å². The quantitative estimate of drug-likeness (QED) is 0.709. The lowest BCUT2D eigenvalue weighted by atomic mass is 9.80. The van der Waals surface area contributed by atoms with E-state index in [4.69, 9.17) is 4.74 Å². The molecule has 0 atom stereocenters. The van der Waals surface area contributed by atoms with E-state index in [1.165, 1.54) is 11.8 Å². The Hall–Kier alpha value is -0.310. The van der Waals surface area contributed by atoms with Gasteiger partial charge in [-0.25, -0.2) is 13.1 Å². The Kier molecular flexibility index (Phi) is 8.33. The second kappa shape index (κ2) is 9.25. The number of sulfonamides is 1. The van der Waals surface area contributed by atoms with Crippen LogP contribution in [0, 0.1) is 5.41 Å². The van der Waals surface area contributed by atoms with Crippen molar-refractivity contribution in [2.45, 2.75) is 22.6 Å². The Bertz CT molecular complexity index is 585. The molecule has 0 amide bonds. The van der Waals surface area contributed by atoms with Crippen molar-refractivity contribution in [3.8, 4) is 0 Å². The minimum atomic E-state index is -3.51. The van der Waals surface area contributed by atoms with Crippen LogP contribution < -0.4 is 10.0 Å². The maximum Gasteiger partial charge on any atom is 0.241 e. The fourth-order valence-corrected chi connectivity index (χ4v) is 5.11. The lowest BCUT2D eigenvalue weighted by Crippen LogP contribution is -2.47. The van der Waals surface area contributed by atoms with E-state index in [0.717, 1.165) is 30.8 Å². The van der Waals surface area contributed by atoms with E-state index in [0.29, 0.717) is 18.0 Å². The highest BCUT2D eigenvalue weighted by Gasteiger charge is 2.33. The van der Waals surface area contributed by atoms with Gasteiger partial charge in [-0.05, 0) is 44.3 Å². The van der Waals surface area contributed by atoms with Gasteiger partial charge in [0, 0.05) is 24.0 Å². The number of nitrogens with one attached hydrogen (secondary N) is 2. The van der Waals surface area contributed by atoms with Gasteiger partial charge in [0.1, 0.15) is 0 Å². The van der Waals surface area contributed by atoms with E-state index >= 15 is 0 Å². The zero-order valence-electron chi connectivity index (χ0n) is 13.5. The summed E-state index contributed by atoms with van der Waals surface area (Å²) in [6.07, 6.45) is 3.70. The van der Waals surface area contributed by atoms with Crippen LogP contribution >= 0.6 is 24.2 Å². The number of ether oxygens (including phenoxy) is 1. The molecule has 0 unspecified atom stereocenters. The van der Waals surface area contributed by atoms with E-state index in [2.05, 4.69) is 10.0 Å². The van der Waals surface area contributed by atoms with Crippen LogP contribution in [0.25, 0.3) is 0 Å². The first-order chi connectivity index (χ1) is 10.5. The third-order valence-electron chi connectivity index (χ3n) is 4.11. The predicted octanol–water partition coefficient (Wildman–Crippen LogP) is 2.12. The summed E-state index contributed by atoms with van der Waals surface area (Å²) in [6.45, 7) is 2.77. The Morgan fingerprint density at radius 3 is 2.57 bits per heavy atom. The van der Waals surface area contributed by atoms with E-state index in [-0.39, 0.29) is 17.8 Å². The molecule has 1 aliphatic rings. The highest BCUT2D eigenvalue weighted by molar-refractivity contribution is 7.99. The summed E-state index contributed by atoms with van der Waals surface area (Å²) < 4.78 is 33.4. The van der Waals surface area contributed by atoms with Crippen molar-refractivity contribution in [1.29, 1.82) is 0 Å². The molecule has 1 aliphatic heterocycles. The molecule has 2 N–H and O–H groups in total. The minimum Gasteiger partial charge on any atom is -0.384 e. The highest BCUT2D eigenvalue weighted by Crippen LogP contribution is 2.30. The van der Waals surface area contributed by atoms with Crippen LogP contribution in [0.5, 0.6) is 0 Å². The van der Waals surface area contributed by atoms with Gasteiger partial charge in [-0.15, -0.1) is 24.2 Å². The molecule has 0 saturated carbocycles. The number of rotatable bonds is 7. The van der Waals surface area contributed by atoms with Crippen molar-refractivity contribution in [2.24, 2.45) is 5.41 Å². The smallest absolute Gasteiger partial charge is 0.241 e. The number of hydrogen-bond acceptors (Lipinski definition) is 5. The van der Waals surface area contributed by atoms with Gasteiger partial charge in [-0.1, -0.05) is 12.1 Å². The van der Waals surface area contributed by atoms with E-state index < -0.39 is 10.0 Å². The Balaban J connectivity index is 0.00000264. The monoisotopic (exact) mass is 380 g/mol. The number of benzene rings is 1. The molecular weight excluding hydrogens is 356 g/mol. The van der Waals surface area contributed by atoms with Gasteiger partial charge in [0.25, 0.3) is 0 Å². The minimum absolute atomic E-state index is 0. The second-order valence-corrected chi connectivity index (χ2v) is 8.24. The third-order valence-corrected chi connectivity index (χ3v) is 6.49. The zero-order chi connectivity index (χ0) is 16.1. The number of thioether (sulfide) groups is 1. The van der Waals surface area contributed by atoms with Crippen LogP contribution in [-0.4, -0.2) is 48.0 Å². The topological polar surface area (TPSA) is 67.4 Å². The first-order valence-electron chi connectivity index (χ1n) is 7.35. The highest BCUT2D eigenvalue weighted by atomic mass is 35.5. The number of halogens is 1. The van der Waals surface area contributed by atoms with Crippen molar-refractivity contribution in [1.82, 2.24) is 10.0 Å². The molecule has 0 aromatic heterocycles. The van der Waals surface area contributed by atoms with Crippen LogP contribution in [0.2, 0.25) is 0 Å². The van der Waals surface area contributed by atoms with Crippen molar-refractivity contribution < 1.29 is 13.2 Å². The van der Waals surface area contributed by atoms with Gasteiger partial charge in [-0.3, -0.25) is 0 Å². The molecular formula is C15H25ClN2O3S2. The van der Waals surface area contributed by atoms with Gasteiger partial charge < -0.3 is 10.1 Å². The average molecular weight is 381 g/mol. The SMILES string of the molecule is COCC1(CNS(=O)(=O)c2ccccc2SC)CCNCC1.Cl. The molecule has 0 spiro atoms. The number of methoxy groups -OCH3 is 1. The van der Waals surface area contributed by atoms with Crippen LogP contribution in [0.1, 0.15) is 12.8 Å². The van der Waals surface area contributed by atoms with E-state index in [1.54, 1.807) is 19.2 Å². The average Bonchev–Trinajstić information content (AvgIpc) is 2.54. The third kappa shape index (κ3) is 5.34. The summed E-state index contributed by atoms with van der Waals surface area (Å²) in [5.41, 5.74) is -0.124. The largest absolute Gasteiger partial charge is 0.384 e. The van der Waals surface area contributed by atoms with Gasteiger partial charge >= 0.3 is 0 Å². The summed E-state index contributed by atoms with van der Waals surface area (Å²) in [6, 6.07) is 7.09. The Morgan fingerprint density at radius 1 is 1.30 bits per heavy atom. The van der Waals surface area contributed by atoms with E-state index in [1.807, 2.05) is 18.4 Å². The lowest BCUT2D eigenvalue weighted by Gasteiger charge is -2.37. The molecule has 2 rings (SSSR count). The lowest BCUT2D eigenvalue weighted by molar-refractivity contribution is 0.0577. The van der Waals surface area contributed by atoms with Crippen molar-refractivity contribution in [3.63, 3.8) is 0 Å². The Labute approximate surface area is 149 Å². The molecule has 0 radical (unpaired) electrons. The maximum atomic E-state index is 12.6. The molecule has 1 aromatic rings. The molecule has 5 nitrogen and oxygen atoms in total. The summed E-state index contributed by atoms with van der Waals surface area (Å²) >= 11 is 1.44. The van der Waals surface area contributed by atoms with Crippen LogP contribution in [-0.2, 0) is 14.8 Å². The van der Waals surface area contributed by atoms with Crippen LogP contribution in [0.15, 0.2) is 34.1 Å². The summed E-state index contributed by atoms with van der Waals surface area (Å²) in [4.78, 5) is 1.12. The van der Waals surface area contributed by atoms with Crippen molar-refractivity contribution >= 4 is 34.2 Å². The molecule has 1 fully saturated rings. The van der Waals surface area contributed by atoms with Crippen molar-refractivity contribution in [2.75, 3.05) is 39.6 Å². The molecule has 1 aromatic carbocycles. The number of piperidine rings is 1. The molecule has 0 bridgehead atoms. The maximum absolute atomic E-state index is 12.6. The summed E-state index contributed by atoms with van der Waals surface area (Å²) in [5.74, 6) is 0. The molecule has 23 heavy (non-hydrogen) atoms. The molecule has 1 heterocycles. The molecule has 8 heteroatoms. The van der Waals surface area contributed by atoms with Gasteiger partial charge in [0.15, 0.2) is 0 Å². The van der Waals surface area contributed by atoms with Gasteiger partial charge in [0.2, 0.25) is 10.0 Å². The van der Waals surface area contributed by atoms with Gasteiger partial charge in [0.05, 0.1) is 11.5 Å². The molecule has 0 aliphatic carbocycles. The zero-order valence-corrected chi connectivity index (χ0v) is 16.0. The summed E-state index contributed by atoms with van der Waals surface area (Å²) in [7, 11) is -1.84. The standard InChI is InChI=1S/C15H24N2O3S2.ClH/c1-20-12-15(7-9-16-10-8-15)11-17-22(18,19)14-6-4-3-5-13(14)21-2;/h3-6,16-17H,7-12H2,1-2H3;1H. The molecule has 132 valence electrons. The fraction of sp³-hybridized carbons (Fsp3) is 0.600. The first kappa shape index (κ1) is 20.7. The Morgan fingerprint density at radius 2 is 1.96 bits per heavy atom. The number of hydrogen-bond donors (Lipinski definition) is 2. The first-order valence-corrected chi connectivity index (χ1v) is 10.1. The van der Waals surface area contributed by atoms with Crippen molar-refractivity contribution in [3.05, 3.63) is 24.3 Å². The fourth-order valence-electron chi connectivity index (χ4n) is 2.80. The van der Waals surface area contributed by atoms with E-state index in [9.17, 15) is 8.42 Å². The summed E-state index contributed by atoms with van der Waals surface area (Å²) in [5, 5.41) is 3.31. The second-order valence-electron chi connectivity index (χ2n) is 5.66. The molecule has 1 saturated heterocycles. The predicted molar refractivity (Wildman–Crippen MR) is 97.1 cm³/mol.